The minimum absolute atomic E-state index is 0.774. The van der Waals surface area contributed by atoms with Crippen molar-refractivity contribution in [3.05, 3.63) is 47.8 Å². The van der Waals surface area contributed by atoms with Crippen molar-refractivity contribution >= 4 is 5.82 Å². The molecular weight excluding hydrogens is 352 g/mol. The third-order valence-corrected chi connectivity index (χ3v) is 5.17. The average Bonchev–Trinajstić information content (AvgIpc) is 3.21. The topological polar surface area (TPSA) is 67.9 Å². The second-order valence-corrected chi connectivity index (χ2v) is 7.40. The molecule has 0 spiro atoms. The van der Waals surface area contributed by atoms with Crippen molar-refractivity contribution in [1.82, 2.24) is 34.4 Å². The van der Waals surface area contributed by atoms with Gasteiger partial charge in [0.05, 0.1) is 24.3 Å². The summed E-state index contributed by atoms with van der Waals surface area (Å²) in [6.45, 7) is 12.0. The van der Waals surface area contributed by atoms with Gasteiger partial charge in [-0.25, -0.2) is 9.67 Å². The van der Waals surface area contributed by atoms with Gasteiger partial charge in [-0.15, -0.1) is 0 Å². The van der Waals surface area contributed by atoms with Gasteiger partial charge in [-0.3, -0.25) is 14.6 Å². The predicted octanol–water partition coefficient (Wildman–Crippen LogP) is 2.21. The predicted molar refractivity (Wildman–Crippen MR) is 109 cm³/mol. The van der Waals surface area contributed by atoms with Crippen molar-refractivity contribution in [2.24, 2.45) is 0 Å². The number of hydrogen-bond donors (Lipinski definition) is 0. The first-order valence-corrected chi connectivity index (χ1v) is 9.96. The molecule has 4 rings (SSSR count). The molecule has 0 atom stereocenters. The Labute approximate surface area is 165 Å². The number of rotatable bonds is 5. The summed E-state index contributed by atoms with van der Waals surface area (Å²) in [5.41, 5.74) is 3.33. The smallest absolute Gasteiger partial charge is 0.174 e. The van der Waals surface area contributed by atoms with Crippen LogP contribution in [0.25, 0.3) is 5.82 Å². The van der Waals surface area contributed by atoms with Gasteiger partial charge in [0.2, 0.25) is 0 Å². The summed E-state index contributed by atoms with van der Waals surface area (Å²) in [5, 5.41) is 8.92. The molecule has 3 aromatic heterocycles. The van der Waals surface area contributed by atoms with Gasteiger partial charge in [-0.1, -0.05) is 0 Å². The van der Waals surface area contributed by atoms with Crippen LogP contribution in [0.2, 0.25) is 0 Å². The fraction of sp³-hybridized carbons (Fsp3) is 0.500. The zero-order valence-electron chi connectivity index (χ0n) is 16.9. The molecule has 0 aromatic carbocycles. The molecule has 8 heteroatoms. The number of aryl methyl sites for hydroxylation is 3. The largest absolute Gasteiger partial charge is 0.354 e. The molecule has 1 aliphatic rings. The molecule has 28 heavy (non-hydrogen) atoms. The fourth-order valence-electron chi connectivity index (χ4n) is 3.74. The number of hydrogen-bond acceptors (Lipinski definition) is 6. The lowest BCUT2D eigenvalue weighted by Crippen LogP contribution is -2.31. The molecule has 0 bridgehead atoms. The van der Waals surface area contributed by atoms with Crippen LogP contribution in [0.5, 0.6) is 0 Å². The van der Waals surface area contributed by atoms with Gasteiger partial charge < -0.3 is 4.90 Å². The van der Waals surface area contributed by atoms with Crippen molar-refractivity contribution in [1.29, 1.82) is 0 Å². The summed E-state index contributed by atoms with van der Waals surface area (Å²) < 4.78 is 3.85. The maximum atomic E-state index is 4.84. The van der Waals surface area contributed by atoms with Gasteiger partial charge in [0, 0.05) is 56.7 Å². The van der Waals surface area contributed by atoms with Crippen LogP contribution >= 0.6 is 0 Å². The normalized spacial score (nSPS) is 15.8. The van der Waals surface area contributed by atoms with Crippen LogP contribution in [0.1, 0.15) is 30.3 Å². The molecule has 4 heterocycles. The summed E-state index contributed by atoms with van der Waals surface area (Å²) >= 11 is 0. The van der Waals surface area contributed by atoms with Gasteiger partial charge in [-0.05, 0) is 33.3 Å². The monoisotopic (exact) mass is 380 g/mol. The van der Waals surface area contributed by atoms with Crippen molar-refractivity contribution < 1.29 is 0 Å². The lowest BCUT2D eigenvalue weighted by Gasteiger charge is -2.22. The fourth-order valence-corrected chi connectivity index (χ4v) is 3.74. The van der Waals surface area contributed by atoms with E-state index in [4.69, 9.17) is 4.98 Å². The van der Waals surface area contributed by atoms with Gasteiger partial charge in [-0.2, -0.15) is 10.2 Å². The van der Waals surface area contributed by atoms with E-state index in [-0.39, 0.29) is 0 Å². The highest BCUT2D eigenvalue weighted by Gasteiger charge is 2.18. The van der Waals surface area contributed by atoms with Crippen molar-refractivity contribution in [2.75, 3.05) is 31.1 Å². The summed E-state index contributed by atoms with van der Waals surface area (Å²) in [5.74, 6) is 1.70. The summed E-state index contributed by atoms with van der Waals surface area (Å²) in [6, 6.07) is 2.05. The summed E-state index contributed by atoms with van der Waals surface area (Å²) in [4.78, 5) is 14.1. The molecule has 0 amide bonds. The maximum absolute atomic E-state index is 4.84. The Morgan fingerprint density at radius 2 is 1.86 bits per heavy atom. The van der Waals surface area contributed by atoms with Crippen LogP contribution in [-0.4, -0.2) is 60.6 Å². The molecule has 1 aliphatic heterocycles. The molecule has 0 aliphatic carbocycles. The van der Waals surface area contributed by atoms with Crippen LogP contribution in [0.4, 0.5) is 5.82 Å². The Hall–Kier alpha value is -2.74. The third kappa shape index (κ3) is 4.06. The van der Waals surface area contributed by atoms with E-state index < -0.39 is 0 Å². The molecule has 0 unspecified atom stereocenters. The standard InChI is InChI=1S/C20H28N8/c1-4-27-15-18(11-22-27)14-25-6-5-7-26(9-8-25)19-12-21-13-20(23-19)28-17(3)10-16(2)24-28/h10-13,15H,4-9,14H2,1-3H3. The first-order chi connectivity index (χ1) is 13.6. The third-order valence-electron chi connectivity index (χ3n) is 5.17. The van der Waals surface area contributed by atoms with E-state index in [1.807, 2.05) is 35.6 Å². The molecular formula is C20H28N8. The van der Waals surface area contributed by atoms with Gasteiger partial charge in [0.1, 0.15) is 5.82 Å². The zero-order chi connectivity index (χ0) is 19.5. The van der Waals surface area contributed by atoms with Crippen LogP contribution < -0.4 is 4.90 Å². The maximum Gasteiger partial charge on any atom is 0.174 e. The van der Waals surface area contributed by atoms with E-state index in [2.05, 4.69) is 44.2 Å². The Kier molecular flexibility index (Phi) is 5.38. The van der Waals surface area contributed by atoms with Crippen molar-refractivity contribution in [3.8, 4) is 5.82 Å². The van der Waals surface area contributed by atoms with Crippen LogP contribution in [0.15, 0.2) is 30.9 Å². The number of aromatic nitrogens is 6. The first kappa shape index (κ1) is 18.6. The average molecular weight is 381 g/mol. The van der Waals surface area contributed by atoms with Crippen molar-refractivity contribution in [3.63, 3.8) is 0 Å². The molecule has 0 saturated carbocycles. The van der Waals surface area contributed by atoms with E-state index >= 15 is 0 Å². The van der Waals surface area contributed by atoms with Gasteiger partial charge in [0.15, 0.2) is 5.82 Å². The minimum Gasteiger partial charge on any atom is -0.354 e. The molecule has 3 aromatic rings. The Morgan fingerprint density at radius 1 is 1.00 bits per heavy atom. The van der Waals surface area contributed by atoms with Gasteiger partial charge >= 0.3 is 0 Å². The lowest BCUT2D eigenvalue weighted by atomic mass is 10.3. The van der Waals surface area contributed by atoms with E-state index in [9.17, 15) is 0 Å². The molecule has 8 nitrogen and oxygen atoms in total. The highest BCUT2D eigenvalue weighted by atomic mass is 15.3. The van der Waals surface area contributed by atoms with Crippen LogP contribution in [-0.2, 0) is 13.1 Å². The SMILES string of the molecule is CCn1cc(CN2CCCN(c3cncc(-n4nc(C)cc4C)n3)CC2)cn1. The van der Waals surface area contributed by atoms with Crippen LogP contribution in [0, 0.1) is 13.8 Å². The second kappa shape index (κ2) is 8.10. The minimum atomic E-state index is 0.774. The van der Waals surface area contributed by atoms with Gasteiger partial charge in [0.25, 0.3) is 0 Å². The Bertz CT molecular complexity index is 928. The highest BCUT2D eigenvalue weighted by Crippen LogP contribution is 2.17. The molecule has 1 saturated heterocycles. The zero-order valence-corrected chi connectivity index (χ0v) is 16.9. The molecule has 0 N–H and O–H groups in total. The van der Waals surface area contributed by atoms with E-state index in [0.717, 1.165) is 68.7 Å². The van der Waals surface area contributed by atoms with Crippen LogP contribution in [0.3, 0.4) is 0 Å². The summed E-state index contributed by atoms with van der Waals surface area (Å²) in [6.07, 6.45) is 8.86. The summed E-state index contributed by atoms with van der Waals surface area (Å²) in [7, 11) is 0. The highest BCUT2D eigenvalue weighted by molar-refractivity contribution is 5.40. The first-order valence-electron chi connectivity index (χ1n) is 9.96. The van der Waals surface area contributed by atoms with E-state index in [0.29, 0.717) is 0 Å². The lowest BCUT2D eigenvalue weighted by molar-refractivity contribution is 0.285. The van der Waals surface area contributed by atoms with E-state index in [1.165, 1.54) is 5.56 Å². The number of anilines is 1. The quantitative estimate of drug-likeness (QED) is 0.676. The molecule has 148 valence electrons. The molecule has 0 radical (unpaired) electrons. The van der Waals surface area contributed by atoms with E-state index in [1.54, 1.807) is 6.20 Å². The van der Waals surface area contributed by atoms with Crippen molar-refractivity contribution in [2.45, 2.75) is 40.3 Å². The second-order valence-electron chi connectivity index (χ2n) is 7.40. The number of nitrogens with zero attached hydrogens (tertiary/aromatic N) is 8. The Morgan fingerprint density at radius 3 is 2.61 bits per heavy atom. The Balaban J connectivity index is 1.44. The molecule has 1 fully saturated rings.